The fourth-order valence-corrected chi connectivity index (χ4v) is 20.3. The lowest BCUT2D eigenvalue weighted by molar-refractivity contribution is -0.138. The third-order valence-electron chi connectivity index (χ3n) is 25.9. The van der Waals surface area contributed by atoms with Crippen LogP contribution in [0.4, 0.5) is 0 Å². The van der Waals surface area contributed by atoms with Gasteiger partial charge in [0.2, 0.25) is 17.7 Å². The summed E-state index contributed by atoms with van der Waals surface area (Å²) < 4.78 is 0. The second kappa shape index (κ2) is 42.3. The molecule has 0 aromatic heterocycles. The number of fused-ring (bicyclic) bond motifs is 3. The van der Waals surface area contributed by atoms with Crippen molar-refractivity contribution in [2.24, 2.45) is 78.5 Å². The smallest absolute Gasteiger partial charge is 0.251 e. The molecule has 18 N–H and O–H groups in total. The molecule has 3 aliphatic heterocycles. The van der Waals surface area contributed by atoms with E-state index in [-0.39, 0.29) is 95.5 Å². The van der Waals surface area contributed by atoms with Crippen LogP contribution in [0.2, 0.25) is 0 Å². The van der Waals surface area contributed by atoms with Crippen LogP contribution in [-0.4, -0.2) is 182 Å². The number of hydrogen-bond acceptors (Lipinski definition) is 12. The fraction of sp³-hybridized carbons (Fsp3) is 0.469. The van der Waals surface area contributed by atoms with Gasteiger partial charge in [0.25, 0.3) is 17.7 Å². The van der Waals surface area contributed by atoms with Crippen LogP contribution >= 0.6 is 0 Å². The van der Waals surface area contributed by atoms with Crippen LogP contribution in [0, 0.1) is 29.1 Å². The number of hydrogen-bond donors (Lipinski definition) is 12. The van der Waals surface area contributed by atoms with Gasteiger partial charge in [-0.15, -0.1) is 0 Å². The Balaban J connectivity index is 0.000000156. The van der Waals surface area contributed by atoms with Gasteiger partial charge in [0.1, 0.15) is 0 Å². The summed E-state index contributed by atoms with van der Waals surface area (Å²) in [5.41, 5.74) is 37.6. The van der Waals surface area contributed by atoms with Gasteiger partial charge in [-0.05, 0) is 225 Å². The quantitative estimate of drug-likeness (QED) is 0.0118. The first-order valence-corrected chi connectivity index (χ1v) is 44.0. The number of carbonyl (C=O) groups excluding carboxylic acids is 6. The van der Waals surface area contributed by atoms with Crippen molar-refractivity contribution in [2.45, 2.75) is 184 Å². The molecular formula is C96H126N18O6. The number of benzene rings is 8. The molecule has 120 heavy (non-hydrogen) atoms. The third-order valence-corrected chi connectivity index (χ3v) is 25.9. The van der Waals surface area contributed by atoms with Crippen LogP contribution in [-0.2, 0) is 14.4 Å². The molecule has 8 aliphatic rings. The Morgan fingerprint density at radius 2 is 0.775 bits per heavy atom. The highest BCUT2D eigenvalue weighted by Crippen LogP contribution is 2.60. The maximum Gasteiger partial charge on any atom is 0.251 e. The molecule has 8 aromatic rings. The Hall–Kier alpha value is -11.0. The Morgan fingerprint density at radius 3 is 1.17 bits per heavy atom. The summed E-state index contributed by atoms with van der Waals surface area (Å²) in [4.78, 5) is 99.3. The highest BCUT2D eigenvalue weighted by atomic mass is 16.2. The van der Waals surface area contributed by atoms with E-state index < -0.39 is 6.04 Å². The summed E-state index contributed by atoms with van der Waals surface area (Å²) >= 11 is 0. The molecule has 0 unspecified atom stereocenters. The number of nitrogens with one attached hydrogen (secondary N) is 6. The van der Waals surface area contributed by atoms with E-state index in [1.807, 2.05) is 169 Å². The van der Waals surface area contributed by atoms with E-state index in [0.29, 0.717) is 112 Å². The SMILES string of the molecule is C[C@@H](C(c1ccccc1)c1ccccc1)N1CC[C@@H](CNC(=O)c2ccc3ccccc3c2)N[C@@H](CCCN=C(N)N)C1=O.NC(N)=NCCC[C@@H]1N[C@H](CNC(=O)c2ccc3ccccc3c2)CCN(CC23CC4CC(CC(C4)C2)C3)C1=O.NC(N)=NCCC[C@@H]1N[C@H](CNC(=O)c2ccc3ccccc3c2)CCN(CC2CCCCC2)C1=O. The molecule has 24 heteroatoms. The van der Waals surface area contributed by atoms with E-state index in [1.54, 1.807) is 0 Å². The number of guanidine groups is 3. The van der Waals surface area contributed by atoms with E-state index in [1.165, 1.54) is 81.8 Å². The molecule has 8 fully saturated rings. The minimum Gasteiger partial charge on any atom is -0.370 e. The van der Waals surface area contributed by atoms with Gasteiger partial charge in [-0.25, -0.2) is 0 Å². The van der Waals surface area contributed by atoms with Crippen LogP contribution in [0.5, 0.6) is 0 Å². The second-order valence-electron chi connectivity index (χ2n) is 34.8. The van der Waals surface area contributed by atoms with Crippen LogP contribution in [0.15, 0.2) is 203 Å². The molecule has 3 saturated heterocycles. The summed E-state index contributed by atoms with van der Waals surface area (Å²) in [6, 6.07) is 60.9. The third kappa shape index (κ3) is 24.0. The summed E-state index contributed by atoms with van der Waals surface area (Å²) in [6.07, 6.45) is 20.6. The van der Waals surface area contributed by atoms with Gasteiger partial charge >= 0.3 is 0 Å². The van der Waals surface area contributed by atoms with Crippen LogP contribution in [0.3, 0.4) is 0 Å². The number of carbonyl (C=O) groups is 6. The van der Waals surface area contributed by atoms with Gasteiger partial charge in [0.15, 0.2) is 17.9 Å². The Labute approximate surface area is 707 Å². The number of nitrogens with zero attached hydrogens (tertiary/aromatic N) is 6. The highest BCUT2D eigenvalue weighted by molar-refractivity contribution is 6.00. The van der Waals surface area contributed by atoms with Gasteiger partial charge in [-0.3, -0.25) is 43.7 Å². The van der Waals surface area contributed by atoms with Crippen LogP contribution in [0.1, 0.15) is 183 Å². The molecule has 0 spiro atoms. The second-order valence-corrected chi connectivity index (χ2v) is 34.8. The average Bonchev–Trinajstić information content (AvgIpc) is 0.849. The largest absolute Gasteiger partial charge is 0.370 e. The number of amides is 6. The molecule has 24 nitrogen and oxygen atoms in total. The molecule has 8 aromatic carbocycles. The average molecular weight is 1630 g/mol. The molecule has 7 atom stereocenters. The van der Waals surface area contributed by atoms with Crippen molar-refractivity contribution < 1.29 is 28.8 Å². The monoisotopic (exact) mass is 1630 g/mol. The van der Waals surface area contributed by atoms with Crippen molar-refractivity contribution >= 4 is 85.6 Å². The summed E-state index contributed by atoms with van der Waals surface area (Å²) in [5, 5.41) is 26.5. The number of aliphatic imine (C=N–C) groups is 3. The van der Waals surface area contributed by atoms with E-state index in [4.69, 9.17) is 34.4 Å². The lowest BCUT2D eigenvalue weighted by atomic mass is 9.49. The molecule has 16 rings (SSSR count). The minimum atomic E-state index is -0.427. The fourth-order valence-electron chi connectivity index (χ4n) is 20.3. The molecule has 0 radical (unpaired) electrons. The normalized spacial score (nSPS) is 23.3. The lowest BCUT2D eigenvalue weighted by Gasteiger charge is -2.58. The van der Waals surface area contributed by atoms with E-state index in [0.717, 1.165) is 95.4 Å². The van der Waals surface area contributed by atoms with Gasteiger partial charge in [0, 0.05) is 119 Å². The Kier molecular flexibility index (Phi) is 30.6. The Morgan fingerprint density at radius 1 is 0.425 bits per heavy atom. The van der Waals surface area contributed by atoms with Crippen molar-refractivity contribution in [3.8, 4) is 0 Å². The summed E-state index contributed by atoms with van der Waals surface area (Å²) in [5.74, 6) is 3.49. The van der Waals surface area contributed by atoms with Gasteiger partial charge < -0.3 is 81.0 Å². The van der Waals surface area contributed by atoms with Crippen LogP contribution < -0.4 is 66.3 Å². The van der Waals surface area contributed by atoms with Crippen molar-refractivity contribution in [1.29, 1.82) is 0 Å². The van der Waals surface area contributed by atoms with Crippen LogP contribution in [0.25, 0.3) is 32.3 Å². The van der Waals surface area contributed by atoms with Crippen molar-refractivity contribution in [3.63, 3.8) is 0 Å². The molecule has 6 amide bonds. The Bertz CT molecular complexity index is 4780. The van der Waals surface area contributed by atoms with Gasteiger partial charge in [-0.1, -0.05) is 171 Å². The number of nitrogens with two attached hydrogens (primary N) is 6. The zero-order valence-corrected chi connectivity index (χ0v) is 69.8. The first-order valence-electron chi connectivity index (χ1n) is 44.0. The molecule has 3 heterocycles. The lowest BCUT2D eigenvalue weighted by Crippen LogP contribution is -2.54. The zero-order valence-electron chi connectivity index (χ0n) is 69.8. The zero-order chi connectivity index (χ0) is 83.9. The van der Waals surface area contributed by atoms with Crippen molar-refractivity contribution in [2.75, 3.05) is 72.0 Å². The summed E-state index contributed by atoms with van der Waals surface area (Å²) in [7, 11) is 0. The molecule has 636 valence electrons. The van der Waals surface area contributed by atoms with E-state index >= 15 is 0 Å². The maximum atomic E-state index is 14.2. The molecular weight excluding hydrogens is 1500 g/mol. The van der Waals surface area contributed by atoms with Gasteiger partial charge in [-0.2, -0.15) is 0 Å². The standard InChI is InChI=1S/C36H42N6O2.C32H44N6O2.C28H40N6O2/c1-25(33(27-12-4-2-5-13-27)28-14-6-3-7-15-28)42-22-20-31(41-32(35(42)44)17-10-21-39-36(37)38)24-40-34(43)30-19-18-26-11-8-9-16-29(26)23-30;33-31(34)35-10-3-6-28-30(40)38(20-32-16-21-12-22(17-32)14-23(13-21)18-32)11-9-27(37-28)19-36-29(39)26-8-7-24-4-1-2-5-25(24)15-26;29-28(30)31-15-6-11-25-27(36)34(19-20-7-2-1-3-8-20)16-14-24(33-25)18-32-26(35)23-13-12-21-9-4-5-10-22(21)17-23/h2-9,11-16,18-19,23,25,31-33,41H,10,17,20-22,24H2,1H3,(H,40,43)(H4,37,38,39);1-2,4-5,7-8,15,21-23,27-28,37H,3,6,9-14,16-20H2,(H,36,39)(H4,33,34,35);4-5,9-10,12-13,17,20,24-25,33H,1-3,6-8,11,14-16,18-19H2,(H,32,35)(H4,29,30,31)/t25-,31-,32-;21?,22?,23?,27-,28-,32?;24-,25-/m000/s1. The predicted octanol–water partition coefficient (Wildman–Crippen LogP) is 10.6. The molecule has 5 aliphatic carbocycles. The maximum absolute atomic E-state index is 14.2. The highest BCUT2D eigenvalue weighted by Gasteiger charge is 2.52. The van der Waals surface area contributed by atoms with E-state index in [2.05, 4.69) is 87.9 Å². The first-order chi connectivity index (χ1) is 58.2. The topological polar surface area (TPSA) is 378 Å². The first kappa shape index (κ1) is 86.9. The minimum absolute atomic E-state index is 0.00722. The van der Waals surface area contributed by atoms with Crippen molar-refractivity contribution in [3.05, 3.63) is 216 Å². The number of rotatable bonds is 29. The van der Waals surface area contributed by atoms with Crippen molar-refractivity contribution in [1.82, 2.24) is 46.6 Å². The molecule has 4 bridgehead atoms. The molecule has 5 saturated carbocycles. The predicted molar refractivity (Wildman–Crippen MR) is 481 cm³/mol. The van der Waals surface area contributed by atoms with E-state index in [9.17, 15) is 28.8 Å². The van der Waals surface area contributed by atoms with Gasteiger partial charge in [0.05, 0.1) is 18.1 Å². The summed E-state index contributed by atoms with van der Waals surface area (Å²) in [6.45, 7) is 8.69.